The predicted molar refractivity (Wildman–Crippen MR) is 81.8 cm³/mol. The molecule has 3 nitrogen and oxygen atoms in total. The number of esters is 1. The first-order chi connectivity index (χ1) is 9.76. The molecular formula is C17H24FNO2. The largest absolute Gasteiger partial charge is 0.467 e. The number of hydrogen-bond acceptors (Lipinski definition) is 3. The molecule has 1 aliphatic carbocycles. The Bertz CT molecular complexity index is 521. The molecule has 0 amide bonds. The number of hydrogen-bond donors (Lipinski definition) is 1. The van der Waals surface area contributed by atoms with Gasteiger partial charge in [-0.05, 0) is 61.8 Å². The zero-order valence-corrected chi connectivity index (χ0v) is 13.3. The van der Waals surface area contributed by atoms with Gasteiger partial charge in [0.1, 0.15) is 11.4 Å². The Hall–Kier alpha value is -1.58. The smallest absolute Gasteiger partial charge is 0.331 e. The lowest BCUT2D eigenvalue weighted by Gasteiger charge is -2.43. The number of methoxy groups -OCH3 is 1. The quantitative estimate of drug-likeness (QED) is 0.854. The second kappa shape index (κ2) is 5.66. The van der Waals surface area contributed by atoms with Gasteiger partial charge in [-0.25, -0.2) is 9.18 Å². The van der Waals surface area contributed by atoms with Gasteiger partial charge in [0.25, 0.3) is 0 Å². The number of ether oxygens (including phenoxy) is 1. The van der Waals surface area contributed by atoms with E-state index in [2.05, 4.69) is 19.2 Å². The Morgan fingerprint density at radius 3 is 2.57 bits per heavy atom. The Morgan fingerprint density at radius 2 is 2.00 bits per heavy atom. The summed E-state index contributed by atoms with van der Waals surface area (Å²) in [5, 5.41) is 3.27. The molecular weight excluding hydrogens is 269 g/mol. The van der Waals surface area contributed by atoms with Gasteiger partial charge in [-0.1, -0.05) is 13.8 Å². The number of carbonyl (C=O) groups is 1. The number of aryl methyl sites for hydroxylation is 1. The topological polar surface area (TPSA) is 38.3 Å². The fraction of sp³-hybridized carbons (Fsp3) is 0.588. The van der Waals surface area contributed by atoms with Gasteiger partial charge in [0.2, 0.25) is 0 Å². The molecule has 2 rings (SSSR count). The molecule has 1 aromatic carbocycles. The fourth-order valence-corrected chi connectivity index (χ4v) is 3.47. The maximum absolute atomic E-state index is 13.6. The third kappa shape index (κ3) is 3.55. The molecule has 1 aromatic rings. The van der Waals surface area contributed by atoms with Crippen molar-refractivity contribution in [2.45, 2.75) is 52.0 Å². The van der Waals surface area contributed by atoms with Crippen molar-refractivity contribution in [1.82, 2.24) is 0 Å². The highest BCUT2D eigenvalue weighted by Crippen LogP contribution is 2.43. The van der Waals surface area contributed by atoms with Crippen LogP contribution in [0.1, 0.15) is 45.1 Å². The van der Waals surface area contributed by atoms with Crippen molar-refractivity contribution in [1.29, 1.82) is 0 Å². The monoisotopic (exact) mass is 293 g/mol. The van der Waals surface area contributed by atoms with Crippen molar-refractivity contribution in [3.05, 3.63) is 29.6 Å². The molecule has 0 saturated heterocycles. The van der Waals surface area contributed by atoms with Crippen LogP contribution in [0, 0.1) is 18.2 Å². The molecule has 0 spiro atoms. The van der Waals surface area contributed by atoms with E-state index in [0.717, 1.165) is 18.4 Å². The van der Waals surface area contributed by atoms with Crippen LogP contribution in [0.25, 0.3) is 0 Å². The minimum Gasteiger partial charge on any atom is -0.467 e. The van der Waals surface area contributed by atoms with Crippen molar-refractivity contribution in [2.75, 3.05) is 12.4 Å². The van der Waals surface area contributed by atoms with E-state index in [1.165, 1.54) is 19.2 Å². The van der Waals surface area contributed by atoms with E-state index in [9.17, 15) is 9.18 Å². The standard InChI is InChI=1S/C17H24FNO2/c1-12-8-13(18)10-14(9-12)19-17(15(20)21-4)7-5-6-16(2,3)11-17/h8-10,19H,5-7,11H2,1-4H3. The van der Waals surface area contributed by atoms with E-state index in [-0.39, 0.29) is 17.2 Å². The molecule has 0 aliphatic heterocycles. The van der Waals surface area contributed by atoms with Gasteiger partial charge in [-0.15, -0.1) is 0 Å². The number of anilines is 1. The average Bonchev–Trinajstić information content (AvgIpc) is 2.35. The third-order valence-electron chi connectivity index (χ3n) is 4.24. The minimum atomic E-state index is -0.767. The first kappa shape index (κ1) is 15.8. The van der Waals surface area contributed by atoms with Crippen molar-refractivity contribution >= 4 is 11.7 Å². The first-order valence-electron chi connectivity index (χ1n) is 7.40. The summed E-state index contributed by atoms with van der Waals surface area (Å²) >= 11 is 0. The summed E-state index contributed by atoms with van der Waals surface area (Å²) in [5.41, 5.74) is 0.752. The van der Waals surface area contributed by atoms with E-state index >= 15 is 0 Å². The summed E-state index contributed by atoms with van der Waals surface area (Å²) in [6.07, 6.45) is 3.42. The Kier molecular flexibility index (Phi) is 4.26. The number of carbonyl (C=O) groups excluding carboxylic acids is 1. The van der Waals surface area contributed by atoms with Crippen LogP contribution in [-0.4, -0.2) is 18.6 Å². The number of halogens is 1. The molecule has 1 atom stereocenters. The summed E-state index contributed by atoms with van der Waals surface area (Å²) in [6, 6.07) is 4.76. The molecule has 1 aliphatic rings. The molecule has 1 unspecified atom stereocenters. The van der Waals surface area contributed by atoms with E-state index in [1.807, 2.05) is 13.0 Å². The molecule has 21 heavy (non-hydrogen) atoms. The highest BCUT2D eigenvalue weighted by atomic mass is 19.1. The molecule has 0 bridgehead atoms. The Balaban J connectivity index is 2.34. The average molecular weight is 293 g/mol. The van der Waals surface area contributed by atoms with Gasteiger partial charge >= 0.3 is 5.97 Å². The zero-order chi connectivity index (χ0) is 15.7. The summed E-state index contributed by atoms with van der Waals surface area (Å²) in [6.45, 7) is 6.15. The molecule has 1 fully saturated rings. The minimum absolute atomic E-state index is 0.0574. The van der Waals surface area contributed by atoms with Crippen molar-refractivity contribution in [3.63, 3.8) is 0 Å². The first-order valence-corrected chi connectivity index (χ1v) is 7.40. The zero-order valence-electron chi connectivity index (χ0n) is 13.3. The van der Waals surface area contributed by atoms with Crippen molar-refractivity contribution in [3.8, 4) is 0 Å². The second-order valence-electron chi connectivity index (χ2n) is 6.91. The van der Waals surface area contributed by atoms with Crippen LogP contribution in [0.2, 0.25) is 0 Å². The Morgan fingerprint density at radius 1 is 1.29 bits per heavy atom. The molecule has 0 aromatic heterocycles. The number of nitrogens with one attached hydrogen (secondary N) is 1. The van der Waals surface area contributed by atoms with Crippen LogP contribution in [0.15, 0.2) is 18.2 Å². The van der Waals surface area contributed by atoms with Gasteiger partial charge in [-0.3, -0.25) is 0 Å². The summed E-state index contributed by atoms with van der Waals surface area (Å²) in [7, 11) is 1.41. The summed E-state index contributed by atoms with van der Waals surface area (Å²) < 4.78 is 18.6. The van der Waals surface area contributed by atoms with E-state index < -0.39 is 5.54 Å². The maximum Gasteiger partial charge on any atom is 0.331 e. The van der Waals surface area contributed by atoms with Crippen LogP contribution in [0.4, 0.5) is 10.1 Å². The van der Waals surface area contributed by atoms with Crippen LogP contribution >= 0.6 is 0 Å². The van der Waals surface area contributed by atoms with Gasteiger partial charge < -0.3 is 10.1 Å². The lowest BCUT2D eigenvalue weighted by molar-refractivity contribution is -0.148. The van der Waals surface area contributed by atoms with Gasteiger partial charge in [0, 0.05) is 5.69 Å². The maximum atomic E-state index is 13.6. The van der Waals surface area contributed by atoms with Crippen molar-refractivity contribution in [2.24, 2.45) is 5.41 Å². The molecule has 1 N–H and O–H groups in total. The third-order valence-corrected chi connectivity index (χ3v) is 4.24. The lowest BCUT2D eigenvalue weighted by atomic mass is 9.68. The van der Waals surface area contributed by atoms with Crippen LogP contribution < -0.4 is 5.32 Å². The van der Waals surface area contributed by atoms with Gasteiger partial charge in [-0.2, -0.15) is 0 Å². The normalized spacial score (nSPS) is 24.4. The predicted octanol–water partition coefficient (Wildman–Crippen LogP) is 4.06. The van der Waals surface area contributed by atoms with Crippen LogP contribution in [0.3, 0.4) is 0 Å². The Labute approximate surface area is 125 Å². The molecule has 0 heterocycles. The van der Waals surface area contributed by atoms with Crippen molar-refractivity contribution < 1.29 is 13.9 Å². The fourth-order valence-electron chi connectivity index (χ4n) is 3.47. The van der Waals surface area contributed by atoms with E-state index in [0.29, 0.717) is 18.5 Å². The number of rotatable bonds is 3. The SMILES string of the molecule is COC(=O)C1(Nc2cc(C)cc(F)c2)CCCC(C)(C)C1. The molecule has 116 valence electrons. The summed E-state index contributed by atoms with van der Waals surface area (Å²) in [5.74, 6) is -0.565. The summed E-state index contributed by atoms with van der Waals surface area (Å²) in [4.78, 5) is 12.4. The molecule has 1 saturated carbocycles. The molecule has 4 heteroatoms. The van der Waals surface area contributed by atoms with E-state index in [4.69, 9.17) is 4.74 Å². The van der Waals surface area contributed by atoms with Crippen LogP contribution in [0.5, 0.6) is 0 Å². The number of benzene rings is 1. The highest BCUT2D eigenvalue weighted by Gasteiger charge is 2.46. The lowest BCUT2D eigenvalue weighted by Crippen LogP contribution is -2.52. The van der Waals surface area contributed by atoms with Gasteiger partial charge in [0.15, 0.2) is 0 Å². The van der Waals surface area contributed by atoms with Crippen LogP contribution in [-0.2, 0) is 9.53 Å². The van der Waals surface area contributed by atoms with E-state index in [1.54, 1.807) is 0 Å². The second-order valence-corrected chi connectivity index (χ2v) is 6.91. The van der Waals surface area contributed by atoms with Gasteiger partial charge in [0.05, 0.1) is 7.11 Å². The highest BCUT2D eigenvalue weighted by molar-refractivity contribution is 5.84. The molecule has 0 radical (unpaired) electrons.